The smallest absolute Gasteiger partial charge is 0.220 e. The molecule has 2 rings (SSSR count). The number of amides is 1. The van der Waals surface area contributed by atoms with Gasteiger partial charge in [-0.2, -0.15) is 0 Å². The summed E-state index contributed by atoms with van der Waals surface area (Å²) in [5.41, 5.74) is 6.25. The van der Waals surface area contributed by atoms with Crippen LogP contribution in [-0.4, -0.2) is 23.8 Å². The lowest BCUT2D eigenvalue weighted by Crippen LogP contribution is -2.40. The van der Waals surface area contributed by atoms with Gasteiger partial charge in [0.1, 0.15) is 5.82 Å². The Balaban J connectivity index is 1.73. The first-order valence-electron chi connectivity index (χ1n) is 7.38. The van der Waals surface area contributed by atoms with Gasteiger partial charge in [-0.25, -0.2) is 4.39 Å². The van der Waals surface area contributed by atoms with E-state index in [9.17, 15) is 14.0 Å². The summed E-state index contributed by atoms with van der Waals surface area (Å²) < 4.78 is 12.8. The average Bonchev–Trinajstić information content (AvgIpc) is 2.48. The van der Waals surface area contributed by atoms with E-state index in [0.29, 0.717) is 5.56 Å². The van der Waals surface area contributed by atoms with Crippen molar-refractivity contribution in [2.75, 3.05) is 0 Å². The van der Waals surface area contributed by atoms with Gasteiger partial charge in [-0.1, -0.05) is 0 Å². The lowest BCUT2D eigenvalue weighted by atomic mass is 9.91. The van der Waals surface area contributed by atoms with Crippen molar-refractivity contribution in [1.82, 2.24) is 5.32 Å². The van der Waals surface area contributed by atoms with E-state index in [4.69, 9.17) is 5.73 Å². The van der Waals surface area contributed by atoms with Crippen LogP contribution >= 0.6 is 0 Å². The van der Waals surface area contributed by atoms with Crippen LogP contribution in [0.15, 0.2) is 24.3 Å². The van der Waals surface area contributed by atoms with Crippen LogP contribution in [0.5, 0.6) is 0 Å². The Morgan fingerprint density at radius 1 is 1.10 bits per heavy atom. The van der Waals surface area contributed by atoms with Crippen LogP contribution in [0.25, 0.3) is 0 Å². The molecular weight excluding hydrogens is 271 g/mol. The highest BCUT2D eigenvalue weighted by Crippen LogP contribution is 2.17. The van der Waals surface area contributed by atoms with Crippen LogP contribution in [0.3, 0.4) is 0 Å². The molecule has 0 bridgehead atoms. The molecule has 114 valence electrons. The number of nitrogens with one attached hydrogen (secondary N) is 1. The highest BCUT2D eigenvalue weighted by Gasteiger charge is 2.20. The van der Waals surface area contributed by atoms with Gasteiger partial charge in [0, 0.05) is 30.5 Å². The molecule has 0 atom stereocenters. The number of halogens is 1. The average molecular weight is 292 g/mol. The second kappa shape index (κ2) is 7.31. The molecule has 0 aliphatic heterocycles. The monoisotopic (exact) mass is 292 g/mol. The summed E-state index contributed by atoms with van der Waals surface area (Å²) in [6, 6.07) is 5.81. The zero-order chi connectivity index (χ0) is 15.2. The lowest BCUT2D eigenvalue weighted by Gasteiger charge is -2.26. The number of carbonyl (C=O) groups is 2. The van der Waals surface area contributed by atoms with Gasteiger partial charge in [-0.15, -0.1) is 0 Å². The molecule has 3 N–H and O–H groups in total. The zero-order valence-corrected chi connectivity index (χ0v) is 12.0. The van der Waals surface area contributed by atoms with Gasteiger partial charge in [0.05, 0.1) is 0 Å². The van der Waals surface area contributed by atoms with Gasteiger partial charge in [0.15, 0.2) is 5.78 Å². The first-order valence-corrected chi connectivity index (χ1v) is 7.38. The van der Waals surface area contributed by atoms with Gasteiger partial charge < -0.3 is 11.1 Å². The highest BCUT2D eigenvalue weighted by molar-refractivity contribution is 5.97. The Hall–Kier alpha value is -1.75. The highest BCUT2D eigenvalue weighted by atomic mass is 19.1. The fraction of sp³-hybridized carbons (Fsp3) is 0.500. The maximum Gasteiger partial charge on any atom is 0.220 e. The van der Waals surface area contributed by atoms with Gasteiger partial charge in [0.2, 0.25) is 5.91 Å². The quantitative estimate of drug-likeness (QED) is 0.817. The number of carbonyl (C=O) groups excluding carboxylic acids is 2. The Kier molecular flexibility index (Phi) is 5.44. The van der Waals surface area contributed by atoms with Gasteiger partial charge >= 0.3 is 0 Å². The number of hydrogen-bond donors (Lipinski definition) is 2. The minimum atomic E-state index is -0.375. The maximum atomic E-state index is 12.8. The SMILES string of the molecule is NC1CCC(NC(=O)CCC(=O)c2ccc(F)cc2)CC1. The van der Waals surface area contributed by atoms with Crippen molar-refractivity contribution >= 4 is 11.7 Å². The first kappa shape index (κ1) is 15.6. The third-order valence-corrected chi connectivity index (χ3v) is 3.88. The molecule has 5 heteroatoms. The second-order valence-corrected chi connectivity index (χ2v) is 5.61. The molecule has 1 fully saturated rings. The third kappa shape index (κ3) is 4.93. The molecule has 1 aliphatic carbocycles. The van der Waals surface area contributed by atoms with E-state index in [2.05, 4.69) is 5.32 Å². The molecule has 0 spiro atoms. The number of ketones is 1. The van der Waals surface area contributed by atoms with Crippen LogP contribution in [-0.2, 0) is 4.79 Å². The second-order valence-electron chi connectivity index (χ2n) is 5.61. The number of rotatable bonds is 5. The van der Waals surface area contributed by atoms with E-state index >= 15 is 0 Å². The number of benzene rings is 1. The van der Waals surface area contributed by atoms with Crippen molar-refractivity contribution in [2.45, 2.75) is 50.6 Å². The molecular formula is C16H21FN2O2. The molecule has 4 nitrogen and oxygen atoms in total. The standard InChI is InChI=1S/C16H21FN2O2/c17-12-3-1-11(2-4-12)15(20)9-10-16(21)19-14-7-5-13(18)6-8-14/h1-4,13-14H,5-10,18H2,(H,19,21). The van der Waals surface area contributed by atoms with Gasteiger partial charge in [0.25, 0.3) is 0 Å². The largest absolute Gasteiger partial charge is 0.353 e. The lowest BCUT2D eigenvalue weighted by molar-refractivity contribution is -0.122. The van der Waals surface area contributed by atoms with E-state index < -0.39 is 0 Å². The molecule has 1 aromatic carbocycles. The zero-order valence-electron chi connectivity index (χ0n) is 12.0. The topological polar surface area (TPSA) is 72.2 Å². The van der Waals surface area contributed by atoms with E-state index in [1.54, 1.807) is 0 Å². The van der Waals surface area contributed by atoms with E-state index in [1.807, 2.05) is 0 Å². The van der Waals surface area contributed by atoms with Gasteiger partial charge in [-0.05, 0) is 49.9 Å². The number of nitrogens with two attached hydrogens (primary N) is 1. The van der Waals surface area contributed by atoms with Crippen molar-refractivity contribution in [1.29, 1.82) is 0 Å². The Morgan fingerprint density at radius 2 is 1.71 bits per heavy atom. The molecule has 0 aromatic heterocycles. The van der Waals surface area contributed by atoms with Crippen LogP contribution in [0.2, 0.25) is 0 Å². The van der Waals surface area contributed by atoms with Crippen molar-refractivity contribution < 1.29 is 14.0 Å². The predicted molar refractivity (Wildman–Crippen MR) is 78.3 cm³/mol. The van der Waals surface area contributed by atoms with Crippen LogP contribution in [0, 0.1) is 5.82 Å². The Labute approximate surface area is 123 Å². The van der Waals surface area contributed by atoms with Crippen LogP contribution in [0.1, 0.15) is 48.9 Å². The molecule has 0 saturated heterocycles. The fourth-order valence-electron chi connectivity index (χ4n) is 2.57. The fourth-order valence-corrected chi connectivity index (χ4v) is 2.57. The van der Waals surface area contributed by atoms with Crippen molar-refractivity contribution in [3.8, 4) is 0 Å². The van der Waals surface area contributed by atoms with Crippen LogP contribution in [0.4, 0.5) is 4.39 Å². The minimum absolute atomic E-state index is 0.106. The molecule has 1 amide bonds. The van der Waals surface area contributed by atoms with E-state index in [0.717, 1.165) is 25.7 Å². The van der Waals surface area contributed by atoms with Crippen molar-refractivity contribution in [3.63, 3.8) is 0 Å². The molecule has 1 aromatic rings. The molecule has 1 aliphatic rings. The van der Waals surface area contributed by atoms with E-state index in [1.165, 1.54) is 24.3 Å². The van der Waals surface area contributed by atoms with Crippen molar-refractivity contribution in [3.05, 3.63) is 35.6 Å². The predicted octanol–water partition coefficient (Wildman–Crippen LogP) is 2.17. The first-order chi connectivity index (χ1) is 10.0. The Bertz CT molecular complexity index is 494. The summed E-state index contributed by atoms with van der Waals surface area (Å²) >= 11 is 0. The van der Waals surface area contributed by atoms with E-state index in [-0.39, 0.29) is 42.4 Å². The molecule has 0 radical (unpaired) electrons. The summed E-state index contributed by atoms with van der Waals surface area (Å²) in [6.45, 7) is 0. The molecule has 21 heavy (non-hydrogen) atoms. The number of hydrogen-bond acceptors (Lipinski definition) is 3. The third-order valence-electron chi connectivity index (χ3n) is 3.88. The summed E-state index contributed by atoms with van der Waals surface area (Å²) in [5, 5.41) is 2.95. The maximum absolute atomic E-state index is 12.8. The molecule has 1 saturated carbocycles. The van der Waals surface area contributed by atoms with Crippen molar-refractivity contribution in [2.24, 2.45) is 5.73 Å². The number of Topliss-reactive ketones (excluding diaryl/α,β-unsaturated/α-hetero) is 1. The minimum Gasteiger partial charge on any atom is -0.353 e. The summed E-state index contributed by atoms with van der Waals surface area (Å²) in [5.74, 6) is -0.624. The summed E-state index contributed by atoms with van der Waals surface area (Å²) in [6.07, 6.45) is 3.97. The summed E-state index contributed by atoms with van der Waals surface area (Å²) in [7, 11) is 0. The normalized spacial score (nSPS) is 21.8. The molecule has 0 heterocycles. The van der Waals surface area contributed by atoms with Crippen LogP contribution < -0.4 is 11.1 Å². The summed E-state index contributed by atoms with van der Waals surface area (Å²) in [4.78, 5) is 23.7. The van der Waals surface area contributed by atoms with Gasteiger partial charge in [-0.3, -0.25) is 9.59 Å². The Morgan fingerprint density at radius 3 is 2.33 bits per heavy atom. The molecule has 0 unspecified atom stereocenters.